The summed E-state index contributed by atoms with van der Waals surface area (Å²) in [6, 6.07) is 7.27. The van der Waals surface area contributed by atoms with Crippen LogP contribution >= 0.6 is 27.3 Å². The average molecular weight is 380 g/mol. The van der Waals surface area contributed by atoms with Gasteiger partial charge >= 0.3 is 5.97 Å². The summed E-state index contributed by atoms with van der Waals surface area (Å²) >= 11 is 4.80. The Morgan fingerprint density at radius 2 is 2.05 bits per heavy atom. The largest absolute Gasteiger partial charge is 0.469 e. The van der Waals surface area contributed by atoms with Crippen LogP contribution in [0.4, 0.5) is 5.00 Å². The van der Waals surface area contributed by atoms with Gasteiger partial charge in [0.1, 0.15) is 0 Å². The van der Waals surface area contributed by atoms with Gasteiger partial charge in [0.25, 0.3) is 0 Å². The number of carbonyl (C=O) groups excluding carboxylic acids is 2. The lowest BCUT2D eigenvalue weighted by molar-refractivity contribution is -0.145. The molecule has 1 unspecified atom stereocenters. The molecule has 114 valence electrons. The Kier molecular flexibility index (Phi) is 4.06. The van der Waals surface area contributed by atoms with E-state index in [2.05, 4.69) is 15.9 Å². The number of benzene rings is 1. The van der Waals surface area contributed by atoms with E-state index in [0.29, 0.717) is 29.0 Å². The predicted molar refractivity (Wildman–Crippen MR) is 89.2 cm³/mol. The van der Waals surface area contributed by atoms with Crippen molar-refractivity contribution in [1.29, 1.82) is 0 Å². The van der Waals surface area contributed by atoms with Gasteiger partial charge in [0.05, 0.1) is 23.6 Å². The lowest BCUT2D eigenvalue weighted by atomic mass is 9.99. The van der Waals surface area contributed by atoms with Crippen molar-refractivity contribution in [2.24, 2.45) is 5.92 Å². The van der Waals surface area contributed by atoms with Gasteiger partial charge in [-0.2, -0.15) is 0 Å². The molecule has 0 bridgehead atoms. The Balaban J connectivity index is 1.99. The van der Waals surface area contributed by atoms with Crippen LogP contribution in [0.15, 0.2) is 28.7 Å². The molecule has 1 aromatic carbocycles. The van der Waals surface area contributed by atoms with Gasteiger partial charge in [-0.1, -0.05) is 28.1 Å². The number of hydrogen-bond donors (Lipinski definition) is 1. The van der Waals surface area contributed by atoms with Crippen molar-refractivity contribution in [3.63, 3.8) is 0 Å². The van der Waals surface area contributed by atoms with E-state index in [1.165, 1.54) is 18.4 Å². The first kappa shape index (κ1) is 15.2. The summed E-state index contributed by atoms with van der Waals surface area (Å²) < 4.78 is 5.55. The van der Waals surface area contributed by atoms with Gasteiger partial charge in [0, 0.05) is 14.9 Å². The summed E-state index contributed by atoms with van der Waals surface area (Å²) in [6.07, 6.45) is 1.11. The monoisotopic (exact) mass is 379 g/mol. The van der Waals surface area contributed by atoms with Crippen molar-refractivity contribution in [3.05, 3.63) is 50.3 Å². The van der Waals surface area contributed by atoms with E-state index in [4.69, 9.17) is 10.5 Å². The van der Waals surface area contributed by atoms with Crippen molar-refractivity contribution in [2.75, 3.05) is 12.8 Å². The predicted octanol–water partition coefficient (Wildman–Crippen LogP) is 3.21. The number of halogens is 1. The molecule has 4 nitrogen and oxygen atoms in total. The zero-order chi connectivity index (χ0) is 15.9. The number of anilines is 1. The molecule has 0 fully saturated rings. The molecule has 0 saturated heterocycles. The quantitative estimate of drug-likeness (QED) is 0.656. The summed E-state index contributed by atoms with van der Waals surface area (Å²) in [6.45, 7) is 0. The Bertz CT molecular complexity index is 769. The van der Waals surface area contributed by atoms with E-state index in [0.717, 1.165) is 14.9 Å². The average Bonchev–Trinajstić information content (AvgIpc) is 3.02. The molecule has 22 heavy (non-hydrogen) atoms. The van der Waals surface area contributed by atoms with Crippen molar-refractivity contribution in [1.82, 2.24) is 0 Å². The first-order chi connectivity index (χ1) is 10.5. The SMILES string of the molecule is COC(=O)C1Cc2sc(N)c(C(=O)c3ccccc3Br)c2C1. The van der Waals surface area contributed by atoms with Gasteiger partial charge in [-0.3, -0.25) is 9.59 Å². The summed E-state index contributed by atoms with van der Waals surface area (Å²) in [5.74, 6) is -0.549. The number of esters is 1. The van der Waals surface area contributed by atoms with E-state index >= 15 is 0 Å². The summed E-state index contributed by atoms with van der Waals surface area (Å²) in [5.41, 5.74) is 8.08. The van der Waals surface area contributed by atoms with Crippen LogP contribution in [0.25, 0.3) is 0 Å². The van der Waals surface area contributed by atoms with Crippen LogP contribution in [0, 0.1) is 5.92 Å². The topological polar surface area (TPSA) is 69.4 Å². The van der Waals surface area contributed by atoms with E-state index in [1.807, 2.05) is 18.2 Å². The van der Waals surface area contributed by atoms with Gasteiger partial charge in [0.2, 0.25) is 0 Å². The molecule has 2 aromatic rings. The molecule has 1 atom stereocenters. The molecule has 0 aliphatic heterocycles. The number of ether oxygens (including phenoxy) is 1. The van der Waals surface area contributed by atoms with Crippen molar-refractivity contribution >= 4 is 44.0 Å². The van der Waals surface area contributed by atoms with Gasteiger partial charge in [0.15, 0.2) is 5.78 Å². The molecule has 1 aliphatic rings. The molecule has 1 aromatic heterocycles. The van der Waals surface area contributed by atoms with E-state index in [-0.39, 0.29) is 17.7 Å². The lowest BCUT2D eigenvalue weighted by Gasteiger charge is -2.08. The zero-order valence-corrected chi connectivity index (χ0v) is 14.3. The minimum Gasteiger partial charge on any atom is -0.469 e. The van der Waals surface area contributed by atoms with Gasteiger partial charge in [-0.25, -0.2) is 0 Å². The second-order valence-corrected chi connectivity index (χ2v) is 7.17. The third kappa shape index (κ3) is 2.46. The molecule has 6 heteroatoms. The first-order valence-electron chi connectivity index (χ1n) is 6.80. The molecule has 2 N–H and O–H groups in total. The molecule has 1 heterocycles. The fraction of sp³-hybridized carbons (Fsp3) is 0.250. The van der Waals surface area contributed by atoms with E-state index < -0.39 is 0 Å². The smallest absolute Gasteiger partial charge is 0.309 e. The maximum atomic E-state index is 12.8. The van der Waals surface area contributed by atoms with Crippen LogP contribution in [0.3, 0.4) is 0 Å². The van der Waals surface area contributed by atoms with Crippen LogP contribution in [0.5, 0.6) is 0 Å². The van der Waals surface area contributed by atoms with Crippen LogP contribution in [-0.2, 0) is 22.4 Å². The highest BCUT2D eigenvalue weighted by atomic mass is 79.9. The lowest BCUT2D eigenvalue weighted by Crippen LogP contribution is -2.17. The third-order valence-electron chi connectivity index (χ3n) is 3.88. The number of carbonyl (C=O) groups is 2. The van der Waals surface area contributed by atoms with Crippen molar-refractivity contribution < 1.29 is 14.3 Å². The van der Waals surface area contributed by atoms with Crippen molar-refractivity contribution in [2.45, 2.75) is 12.8 Å². The zero-order valence-electron chi connectivity index (χ0n) is 11.9. The first-order valence-corrected chi connectivity index (χ1v) is 8.41. The highest BCUT2D eigenvalue weighted by molar-refractivity contribution is 9.10. The van der Waals surface area contributed by atoms with Crippen LogP contribution in [-0.4, -0.2) is 18.9 Å². The molecule has 0 radical (unpaired) electrons. The maximum absolute atomic E-state index is 12.8. The highest BCUT2D eigenvalue weighted by Gasteiger charge is 2.35. The number of nitrogen functional groups attached to an aromatic ring is 1. The summed E-state index contributed by atoms with van der Waals surface area (Å²) in [4.78, 5) is 25.6. The van der Waals surface area contributed by atoms with Gasteiger partial charge in [-0.15, -0.1) is 11.3 Å². The van der Waals surface area contributed by atoms with Crippen molar-refractivity contribution in [3.8, 4) is 0 Å². The minimum absolute atomic E-state index is 0.104. The third-order valence-corrected chi connectivity index (χ3v) is 5.66. The fourth-order valence-corrected chi connectivity index (χ4v) is 4.46. The van der Waals surface area contributed by atoms with Gasteiger partial charge in [-0.05, 0) is 30.5 Å². The highest BCUT2D eigenvalue weighted by Crippen LogP contribution is 2.41. The molecular formula is C16H14BrNO3S. The maximum Gasteiger partial charge on any atom is 0.309 e. The number of ketones is 1. The van der Waals surface area contributed by atoms with Crippen LogP contribution in [0.1, 0.15) is 26.4 Å². The van der Waals surface area contributed by atoms with Gasteiger partial charge < -0.3 is 10.5 Å². The standard InChI is InChI=1S/C16H14BrNO3S/c1-21-16(20)8-6-10-12(7-8)22-15(18)13(10)14(19)9-4-2-3-5-11(9)17/h2-5,8H,6-7,18H2,1H3. The molecule has 0 saturated carbocycles. The van der Waals surface area contributed by atoms with E-state index in [9.17, 15) is 9.59 Å². The van der Waals surface area contributed by atoms with Crippen LogP contribution in [0.2, 0.25) is 0 Å². The number of rotatable bonds is 3. The Hall–Kier alpha value is -1.66. The second kappa shape index (κ2) is 5.85. The number of thiophene rings is 1. The normalized spacial score (nSPS) is 16.4. The Morgan fingerprint density at radius 1 is 1.32 bits per heavy atom. The Morgan fingerprint density at radius 3 is 2.73 bits per heavy atom. The Labute approximate surface area is 140 Å². The molecule has 1 aliphatic carbocycles. The number of nitrogens with two attached hydrogens (primary N) is 1. The van der Waals surface area contributed by atoms with Crippen LogP contribution < -0.4 is 5.73 Å². The summed E-state index contributed by atoms with van der Waals surface area (Å²) in [5, 5.41) is 0.522. The number of methoxy groups -OCH3 is 1. The number of fused-ring (bicyclic) bond motifs is 1. The van der Waals surface area contributed by atoms with E-state index in [1.54, 1.807) is 6.07 Å². The second-order valence-electron chi connectivity index (χ2n) is 5.18. The fourth-order valence-electron chi connectivity index (χ4n) is 2.82. The number of hydrogen-bond acceptors (Lipinski definition) is 5. The molecule has 0 amide bonds. The molecule has 0 spiro atoms. The molecule has 3 rings (SSSR count). The molecular weight excluding hydrogens is 366 g/mol. The summed E-state index contributed by atoms with van der Waals surface area (Å²) in [7, 11) is 1.39. The minimum atomic E-state index is -0.235.